The summed E-state index contributed by atoms with van der Waals surface area (Å²) in [6, 6.07) is 22.2. The molecule has 0 aliphatic carbocycles. The van der Waals surface area contributed by atoms with Crippen LogP contribution in [-0.2, 0) is 0 Å². The van der Waals surface area contributed by atoms with Crippen LogP contribution < -0.4 is 0 Å². The van der Waals surface area contributed by atoms with Crippen molar-refractivity contribution in [2.45, 2.75) is 0 Å². The number of H-pyrrole nitrogens is 2. The summed E-state index contributed by atoms with van der Waals surface area (Å²) in [4.78, 5) is 17.0. The van der Waals surface area contributed by atoms with Crippen molar-refractivity contribution in [2.24, 2.45) is 0 Å². The highest BCUT2D eigenvalue weighted by Gasteiger charge is 2.15. The normalized spacial score (nSPS) is 11.3. The third-order valence-corrected chi connectivity index (χ3v) is 5.24. The zero-order valence-corrected chi connectivity index (χ0v) is 15.9. The van der Waals surface area contributed by atoms with Crippen molar-refractivity contribution in [3.05, 3.63) is 85.3 Å². The SMILES string of the molecule is c1ccc(-c2cnc3n[nH]c(-c4cc5c(-c6ccccn6)cccc5[nH]4)c3c2)nc1. The van der Waals surface area contributed by atoms with Crippen molar-refractivity contribution < 1.29 is 0 Å². The Labute approximate surface area is 171 Å². The van der Waals surface area contributed by atoms with E-state index in [0.717, 1.165) is 50.2 Å². The molecule has 6 heteroatoms. The molecule has 0 atom stereocenters. The maximum absolute atomic E-state index is 4.52. The van der Waals surface area contributed by atoms with E-state index in [0.29, 0.717) is 5.65 Å². The van der Waals surface area contributed by atoms with E-state index >= 15 is 0 Å². The van der Waals surface area contributed by atoms with E-state index in [-0.39, 0.29) is 0 Å². The lowest BCUT2D eigenvalue weighted by molar-refractivity contribution is 1.10. The van der Waals surface area contributed by atoms with Gasteiger partial charge in [-0.3, -0.25) is 15.1 Å². The lowest BCUT2D eigenvalue weighted by Crippen LogP contribution is -1.85. The third-order valence-electron chi connectivity index (χ3n) is 5.24. The Hall–Kier alpha value is -4.32. The van der Waals surface area contributed by atoms with Gasteiger partial charge >= 0.3 is 0 Å². The molecule has 0 aliphatic heterocycles. The summed E-state index contributed by atoms with van der Waals surface area (Å²) in [6.07, 6.45) is 5.40. The summed E-state index contributed by atoms with van der Waals surface area (Å²) in [5.41, 5.74) is 7.45. The molecule has 6 aromatic rings. The molecule has 6 rings (SSSR count). The molecule has 0 saturated heterocycles. The highest BCUT2D eigenvalue weighted by atomic mass is 15.2. The first-order chi connectivity index (χ1) is 14.9. The van der Waals surface area contributed by atoms with Gasteiger partial charge < -0.3 is 4.98 Å². The van der Waals surface area contributed by atoms with Crippen LogP contribution in [0.2, 0.25) is 0 Å². The second kappa shape index (κ2) is 6.63. The van der Waals surface area contributed by atoms with Crippen molar-refractivity contribution in [1.82, 2.24) is 30.1 Å². The van der Waals surface area contributed by atoms with Crippen LogP contribution in [-0.4, -0.2) is 30.1 Å². The number of hydrogen-bond acceptors (Lipinski definition) is 4. The molecular weight excluding hydrogens is 372 g/mol. The first-order valence-corrected chi connectivity index (χ1v) is 9.66. The number of hydrogen-bond donors (Lipinski definition) is 2. The average Bonchev–Trinajstić information content (AvgIpc) is 3.43. The summed E-state index contributed by atoms with van der Waals surface area (Å²) < 4.78 is 0. The van der Waals surface area contributed by atoms with Gasteiger partial charge in [0.2, 0.25) is 0 Å². The van der Waals surface area contributed by atoms with E-state index in [2.05, 4.69) is 54.4 Å². The zero-order chi connectivity index (χ0) is 19.9. The largest absolute Gasteiger partial charge is 0.353 e. The Morgan fingerprint density at radius 2 is 1.53 bits per heavy atom. The van der Waals surface area contributed by atoms with E-state index in [1.165, 1.54) is 0 Å². The lowest BCUT2D eigenvalue weighted by atomic mass is 10.1. The van der Waals surface area contributed by atoms with E-state index < -0.39 is 0 Å². The molecule has 0 spiro atoms. The average molecular weight is 388 g/mol. The molecule has 1 aromatic carbocycles. The van der Waals surface area contributed by atoms with Crippen LogP contribution >= 0.6 is 0 Å². The highest BCUT2D eigenvalue weighted by Crippen LogP contribution is 2.33. The molecule has 0 radical (unpaired) electrons. The van der Waals surface area contributed by atoms with Gasteiger partial charge in [-0.1, -0.05) is 24.3 Å². The Kier molecular flexibility index (Phi) is 3.67. The fourth-order valence-corrected chi connectivity index (χ4v) is 3.81. The smallest absolute Gasteiger partial charge is 0.181 e. The number of benzene rings is 1. The van der Waals surface area contributed by atoms with E-state index in [1.54, 1.807) is 12.4 Å². The van der Waals surface area contributed by atoms with E-state index in [1.807, 2.05) is 48.7 Å². The first kappa shape index (κ1) is 16.6. The number of nitrogens with zero attached hydrogens (tertiary/aromatic N) is 4. The van der Waals surface area contributed by atoms with Crippen LogP contribution in [0.5, 0.6) is 0 Å². The number of pyridine rings is 3. The minimum absolute atomic E-state index is 0.674. The van der Waals surface area contributed by atoms with Crippen molar-refractivity contribution in [1.29, 1.82) is 0 Å². The van der Waals surface area contributed by atoms with Gasteiger partial charge in [-0.15, -0.1) is 0 Å². The molecular formula is C24H16N6. The molecule has 0 amide bonds. The number of nitrogens with one attached hydrogen (secondary N) is 2. The highest BCUT2D eigenvalue weighted by molar-refractivity contribution is 6.00. The van der Waals surface area contributed by atoms with Gasteiger partial charge in [-0.2, -0.15) is 5.10 Å². The maximum atomic E-state index is 4.52. The zero-order valence-electron chi connectivity index (χ0n) is 15.9. The van der Waals surface area contributed by atoms with Crippen molar-refractivity contribution >= 4 is 21.9 Å². The van der Waals surface area contributed by atoms with Crippen LogP contribution in [0.15, 0.2) is 85.3 Å². The summed E-state index contributed by atoms with van der Waals surface area (Å²) in [7, 11) is 0. The monoisotopic (exact) mass is 388 g/mol. The van der Waals surface area contributed by atoms with Crippen LogP contribution in [0.3, 0.4) is 0 Å². The van der Waals surface area contributed by atoms with E-state index in [4.69, 9.17) is 0 Å². The fourth-order valence-electron chi connectivity index (χ4n) is 3.81. The molecule has 0 unspecified atom stereocenters. The molecule has 0 aliphatic rings. The van der Waals surface area contributed by atoms with Crippen molar-refractivity contribution in [3.63, 3.8) is 0 Å². The lowest BCUT2D eigenvalue weighted by Gasteiger charge is -2.01. The summed E-state index contributed by atoms with van der Waals surface area (Å²) in [5, 5.41) is 9.60. The topological polar surface area (TPSA) is 83.1 Å². The summed E-state index contributed by atoms with van der Waals surface area (Å²) in [6.45, 7) is 0. The summed E-state index contributed by atoms with van der Waals surface area (Å²) in [5.74, 6) is 0. The fraction of sp³-hybridized carbons (Fsp3) is 0. The number of aromatic amines is 2. The maximum Gasteiger partial charge on any atom is 0.181 e. The first-order valence-electron chi connectivity index (χ1n) is 9.66. The molecule has 30 heavy (non-hydrogen) atoms. The van der Waals surface area contributed by atoms with Gasteiger partial charge in [0.1, 0.15) is 0 Å². The minimum atomic E-state index is 0.674. The Bertz CT molecular complexity index is 1480. The van der Waals surface area contributed by atoms with Crippen LogP contribution in [0.1, 0.15) is 0 Å². The number of rotatable bonds is 3. The molecule has 142 valence electrons. The number of fused-ring (bicyclic) bond motifs is 2. The Morgan fingerprint density at radius 1 is 0.700 bits per heavy atom. The van der Waals surface area contributed by atoms with Crippen molar-refractivity contribution in [3.8, 4) is 33.9 Å². The van der Waals surface area contributed by atoms with Gasteiger partial charge in [0.05, 0.1) is 22.8 Å². The molecule has 6 nitrogen and oxygen atoms in total. The third kappa shape index (κ3) is 2.66. The predicted molar refractivity (Wildman–Crippen MR) is 118 cm³/mol. The van der Waals surface area contributed by atoms with Gasteiger partial charge in [0.25, 0.3) is 0 Å². The minimum Gasteiger partial charge on any atom is -0.353 e. The summed E-state index contributed by atoms with van der Waals surface area (Å²) >= 11 is 0. The van der Waals surface area contributed by atoms with Gasteiger partial charge in [-0.25, -0.2) is 4.98 Å². The van der Waals surface area contributed by atoms with Gasteiger partial charge in [-0.05, 0) is 42.5 Å². The Morgan fingerprint density at radius 3 is 2.33 bits per heavy atom. The Balaban J connectivity index is 1.52. The van der Waals surface area contributed by atoms with Crippen LogP contribution in [0.25, 0.3) is 55.8 Å². The standard InChI is InChI=1S/C24H16N6/c1-3-10-25-19(7-1)15-12-18-23(29-30-24(18)27-14-15)22-13-17-16(6-5-9-21(17)28-22)20-8-2-4-11-26-20/h1-14,28H,(H,27,29,30). The molecule has 5 heterocycles. The molecule has 0 fully saturated rings. The quantitative estimate of drug-likeness (QED) is 0.435. The second-order valence-corrected chi connectivity index (χ2v) is 7.07. The predicted octanol–water partition coefficient (Wildman–Crippen LogP) is 5.23. The van der Waals surface area contributed by atoms with E-state index in [9.17, 15) is 0 Å². The second-order valence-electron chi connectivity index (χ2n) is 7.07. The molecule has 2 N–H and O–H groups in total. The van der Waals surface area contributed by atoms with Gasteiger partial charge in [0, 0.05) is 46.0 Å². The molecule has 5 aromatic heterocycles. The van der Waals surface area contributed by atoms with Gasteiger partial charge in [0.15, 0.2) is 5.65 Å². The molecule has 0 bridgehead atoms. The van der Waals surface area contributed by atoms with Crippen LogP contribution in [0, 0.1) is 0 Å². The number of aromatic nitrogens is 6. The van der Waals surface area contributed by atoms with Crippen molar-refractivity contribution in [2.75, 3.05) is 0 Å². The molecule has 0 saturated carbocycles. The van der Waals surface area contributed by atoms with Crippen LogP contribution in [0.4, 0.5) is 0 Å².